The fraction of sp³-hybridized carbons (Fsp3) is 0.538. The lowest BCUT2D eigenvalue weighted by molar-refractivity contribution is 0.446. The van der Waals surface area contributed by atoms with Crippen LogP contribution in [0, 0.1) is 0 Å². The van der Waals surface area contributed by atoms with Gasteiger partial charge in [0, 0.05) is 0 Å². The van der Waals surface area contributed by atoms with E-state index in [1.165, 1.54) is 5.56 Å². The molecule has 0 fully saturated rings. The van der Waals surface area contributed by atoms with Crippen molar-refractivity contribution in [3.8, 4) is 0 Å². The Morgan fingerprint density at radius 1 is 1.25 bits per heavy atom. The van der Waals surface area contributed by atoms with Crippen LogP contribution >= 0.6 is 0 Å². The monoisotopic (exact) mass is 218 g/mol. The van der Waals surface area contributed by atoms with Gasteiger partial charge >= 0.3 is 0 Å². The molecule has 2 rings (SSSR count). The fourth-order valence-electron chi connectivity index (χ4n) is 1.86. The van der Waals surface area contributed by atoms with Gasteiger partial charge in [0.1, 0.15) is 0 Å². The minimum atomic E-state index is 0.0953. The van der Waals surface area contributed by atoms with Crippen LogP contribution in [0.4, 0.5) is 0 Å². The molecule has 3 nitrogen and oxygen atoms in total. The summed E-state index contributed by atoms with van der Waals surface area (Å²) in [7, 11) is 0. The Hall–Kier alpha value is -1.38. The van der Waals surface area contributed by atoms with Crippen molar-refractivity contribution in [2.45, 2.75) is 46.0 Å². The summed E-state index contributed by atoms with van der Waals surface area (Å²) in [6, 6.07) is 2.15. The summed E-state index contributed by atoms with van der Waals surface area (Å²) >= 11 is 0. The minimum Gasteiger partial charge on any atom is -0.336 e. The zero-order valence-corrected chi connectivity index (χ0v) is 10.5. The van der Waals surface area contributed by atoms with Gasteiger partial charge in [-0.25, -0.2) is 4.98 Å². The van der Waals surface area contributed by atoms with E-state index in [1.54, 1.807) is 6.20 Å². The molecule has 86 valence electrons. The smallest absolute Gasteiger partial charge is 0.257 e. The summed E-state index contributed by atoms with van der Waals surface area (Å²) in [6.07, 6.45) is 1.72. The Kier molecular flexibility index (Phi) is 2.49. The first-order valence-electron chi connectivity index (χ1n) is 5.65. The lowest BCUT2D eigenvalue weighted by Gasteiger charge is -2.23. The summed E-state index contributed by atoms with van der Waals surface area (Å²) < 4.78 is 5.12. The highest BCUT2D eigenvalue weighted by Gasteiger charge is 2.22. The van der Waals surface area contributed by atoms with E-state index in [4.69, 9.17) is 4.52 Å². The molecule has 0 saturated carbocycles. The summed E-state index contributed by atoms with van der Waals surface area (Å²) in [5.74, 6) is 0.392. The van der Waals surface area contributed by atoms with Crippen LogP contribution in [0.1, 0.15) is 51.8 Å². The van der Waals surface area contributed by atoms with Gasteiger partial charge in [0.25, 0.3) is 5.71 Å². The molecule has 3 heteroatoms. The average molecular weight is 218 g/mol. The molecular formula is C13H18N2O. The third-order valence-electron chi connectivity index (χ3n) is 2.73. The molecule has 0 saturated heterocycles. The maximum absolute atomic E-state index is 5.12. The molecule has 2 heterocycles. The van der Waals surface area contributed by atoms with Crippen molar-refractivity contribution in [1.29, 1.82) is 0 Å². The second kappa shape index (κ2) is 3.58. The molecule has 0 unspecified atom stereocenters. The minimum absolute atomic E-state index is 0.0953. The Morgan fingerprint density at radius 3 is 2.50 bits per heavy atom. The standard InChI is InChI=1S/C13H18N2O/c1-8(2)11-10(13(3,4)5)6-9-7-14-16-12(9)15-11/h6-8H,1-5H3. The molecule has 2 aromatic rings. The molecule has 0 radical (unpaired) electrons. The van der Waals surface area contributed by atoms with Crippen molar-refractivity contribution < 1.29 is 4.52 Å². The molecule has 0 bridgehead atoms. The third-order valence-corrected chi connectivity index (χ3v) is 2.73. The summed E-state index contributed by atoms with van der Waals surface area (Å²) in [5, 5.41) is 4.77. The maximum Gasteiger partial charge on any atom is 0.257 e. The Balaban J connectivity index is 2.72. The molecule has 0 amide bonds. The van der Waals surface area contributed by atoms with Gasteiger partial charge in [0.2, 0.25) is 0 Å². The van der Waals surface area contributed by atoms with Gasteiger partial charge in [-0.15, -0.1) is 0 Å². The average Bonchev–Trinajstić information content (AvgIpc) is 2.60. The van der Waals surface area contributed by atoms with Crippen LogP contribution < -0.4 is 0 Å². The Labute approximate surface area is 95.9 Å². The quantitative estimate of drug-likeness (QED) is 0.733. The van der Waals surface area contributed by atoms with E-state index < -0.39 is 0 Å². The maximum atomic E-state index is 5.12. The second-order valence-corrected chi connectivity index (χ2v) is 5.55. The Morgan fingerprint density at radius 2 is 1.94 bits per heavy atom. The summed E-state index contributed by atoms with van der Waals surface area (Å²) in [4.78, 5) is 4.57. The van der Waals surface area contributed by atoms with Gasteiger partial charge in [0.15, 0.2) is 0 Å². The molecule has 0 N–H and O–H groups in total. The molecule has 0 aliphatic rings. The van der Waals surface area contributed by atoms with Crippen LogP contribution in [-0.4, -0.2) is 10.1 Å². The van der Waals surface area contributed by atoms with Crippen LogP contribution in [0.25, 0.3) is 11.1 Å². The normalized spacial score (nSPS) is 12.6. The van der Waals surface area contributed by atoms with Crippen molar-refractivity contribution in [2.75, 3.05) is 0 Å². The highest BCUT2D eigenvalue weighted by molar-refractivity contribution is 5.73. The van der Waals surface area contributed by atoms with E-state index in [9.17, 15) is 0 Å². The SMILES string of the molecule is CC(C)c1nc2oncc2cc1C(C)(C)C. The number of pyridine rings is 1. The second-order valence-electron chi connectivity index (χ2n) is 5.55. The molecule has 0 spiro atoms. The van der Waals surface area contributed by atoms with E-state index in [-0.39, 0.29) is 5.41 Å². The van der Waals surface area contributed by atoms with Crippen molar-refractivity contribution >= 4 is 11.1 Å². The van der Waals surface area contributed by atoms with E-state index in [2.05, 4.69) is 50.8 Å². The van der Waals surface area contributed by atoms with Gasteiger partial charge in [-0.3, -0.25) is 0 Å². The van der Waals surface area contributed by atoms with Gasteiger partial charge < -0.3 is 4.52 Å². The number of aromatic nitrogens is 2. The van der Waals surface area contributed by atoms with E-state index in [0.29, 0.717) is 11.6 Å². The molecular weight excluding hydrogens is 200 g/mol. The number of nitrogens with zero attached hydrogens (tertiary/aromatic N) is 2. The molecule has 2 aromatic heterocycles. The molecule has 0 atom stereocenters. The van der Waals surface area contributed by atoms with Crippen LogP contribution in [0.2, 0.25) is 0 Å². The molecule has 0 aromatic carbocycles. The first-order chi connectivity index (χ1) is 7.39. The number of rotatable bonds is 1. The number of hydrogen-bond acceptors (Lipinski definition) is 3. The lowest BCUT2D eigenvalue weighted by atomic mass is 9.83. The predicted molar refractivity (Wildman–Crippen MR) is 64.6 cm³/mol. The van der Waals surface area contributed by atoms with Crippen molar-refractivity contribution in [3.63, 3.8) is 0 Å². The summed E-state index contributed by atoms with van der Waals surface area (Å²) in [5.41, 5.74) is 3.12. The zero-order chi connectivity index (χ0) is 11.9. The van der Waals surface area contributed by atoms with Gasteiger partial charge in [-0.1, -0.05) is 39.8 Å². The van der Waals surface area contributed by atoms with E-state index in [1.807, 2.05) is 0 Å². The van der Waals surface area contributed by atoms with Crippen LogP contribution in [0.15, 0.2) is 16.8 Å². The van der Waals surface area contributed by atoms with Crippen LogP contribution in [0.5, 0.6) is 0 Å². The highest BCUT2D eigenvalue weighted by atomic mass is 16.5. The van der Waals surface area contributed by atoms with E-state index >= 15 is 0 Å². The highest BCUT2D eigenvalue weighted by Crippen LogP contribution is 2.31. The molecule has 0 aliphatic carbocycles. The van der Waals surface area contributed by atoms with E-state index in [0.717, 1.165) is 11.1 Å². The number of hydrogen-bond donors (Lipinski definition) is 0. The fourth-order valence-corrected chi connectivity index (χ4v) is 1.86. The predicted octanol–water partition coefficient (Wildman–Crippen LogP) is 3.64. The van der Waals surface area contributed by atoms with Crippen molar-refractivity contribution in [1.82, 2.24) is 10.1 Å². The van der Waals surface area contributed by atoms with Gasteiger partial charge in [-0.05, 0) is 23.0 Å². The topological polar surface area (TPSA) is 38.9 Å². The van der Waals surface area contributed by atoms with Gasteiger partial charge in [0.05, 0.1) is 17.3 Å². The summed E-state index contributed by atoms with van der Waals surface area (Å²) in [6.45, 7) is 10.9. The largest absolute Gasteiger partial charge is 0.336 e. The van der Waals surface area contributed by atoms with Crippen LogP contribution in [0.3, 0.4) is 0 Å². The molecule has 16 heavy (non-hydrogen) atoms. The Bertz CT molecular complexity index is 506. The van der Waals surface area contributed by atoms with Gasteiger partial charge in [-0.2, -0.15) is 0 Å². The van der Waals surface area contributed by atoms with Crippen molar-refractivity contribution in [2.24, 2.45) is 0 Å². The first-order valence-corrected chi connectivity index (χ1v) is 5.65. The van der Waals surface area contributed by atoms with Crippen LogP contribution in [-0.2, 0) is 5.41 Å². The zero-order valence-electron chi connectivity index (χ0n) is 10.5. The number of fused-ring (bicyclic) bond motifs is 1. The molecule has 0 aliphatic heterocycles. The first kappa shape index (κ1) is 11.1. The third kappa shape index (κ3) is 1.82. The van der Waals surface area contributed by atoms with Crippen molar-refractivity contribution in [3.05, 3.63) is 23.5 Å². The lowest BCUT2D eigenvalue weighted by Crippen LogP contribution is -2.16.